The third-order valence-corrected chi connectivity index (χ3v) is 3.76. The summed E-state index contributed by atoms with van der Waals surface area (Å²) in [6, 6.07) is 4.78. The van der Waals surface area contributed by atoms with Gasteiger partial charge in [-0.25, -0.2) is 8.78 Å². The van der Waals surface area contributed by atoms with E-state index in [4.69, 9.17) is 28.3 Å². The number of carbonyl (C=O) groups is 1. The molecule has 1 rings (SSSR count). The van der Waals surface area contributed by atoms with Crippen LogP contribution in [0.4, 0.5) is 8.78 Å². The van der Waals surface area contributed by atoms with E-state index in [1.54, 1.807) is 18.2 Å². The van der Waals surface area contributed by atoms with Crippen LogP contribution in [0, 0.1) is 0 Å². The van der Waals surface area contributed by atoms with Gasteiger partial charge in [0.15, 0.2) is 0 Å². The van der Waals surface area contributed by atoms with Crippen LogP contribution < -0.4 is 5.32 Å². The number of rotatable bonds is 6. The SMILES string of the molecule is O=C(CSc1cc(Cl)ccc1Cl)NCC(F)(F)CO. The quantitative estimate of drug-likeness (QED) is 0.789. The van der Waals surface area contributed by atoms with E-state index in [-0.39, 0.29) is 5.75 Å². The predicted molar refractivity (Wildman–Crippen MR) is 72.2 cm³/mol. The highest BCUT2D eigenvalue weighted by molar-refractivity contribution is 8.00. The Morgan fingerprint density at radius 2 is 2.11 bits per heavy atom. The summed E-state index contributed by atoms with van der Waals surface area (Å²) in [7, 11) is 0. The van der Waals surface area contributed by atoms with Gasteiger partial charge in [-0.1, -0.05) is 23.2 Å². The van der Waals surface area contributed by atoms with Gasteiger partial charge in [0.25, 0.3) is 5.92 Å². The van der Waals surface area contributed by atoms with E-state index >= 15 is 0 Å². The van der Waals surface area contributed by atoms with E-state index in [9.17, 15) is 13.6 Å². The highest BCUT2D eigenvalue weighted by Crippen LogP contribution is 2.29. The monoisotopic (exact) mass is 329 g/mol. The molecule has 0 spiro atoms. The van der Waals surface area contributed by atoms with Gasteiger partial charge in [-0.05, 0) is 18.2 Å². The van der Waals surface area contributed by atoms with E-state index in [0.717, 1.165) is 11.8 Å². The van der Waals surface area contributed by atoms with Crippen LogP contribution in [-0.2, 0) is 4.79 Å². The summed E-state index contributed by atoms with van der Waals surface area (Å²) in [5.74, 6) is -3.95. The minimum Gasteiger partial charge on any atom is -0.390 e. The van der Waals surface area contributed by atoms with Crippen molar-refractivity contribution in [2.45, 2.75) is 10.8 Å². The van der Waals surface area contributed by atoms with Crippen LogP contribution in [0.3, 0.4) is 0 Å². The zero-order chi connectivity index (χ0) is 14.5. The number of alkyl halides is 2. The molecule has 1 aromatic rings. The van der Waals surface area contributed by atoms with Crippen LogP contribution in [0.2, 0.25) is 10.0 Å². The van der Waals surface area contributed by atoms with Crippen molar-refractivity contribution in [2.75, 3.05) is 18.9 Å². The lowest BCUT2D eigenvalue weighted by atomic mass is 10.3. The van der Waals surface area contributed by atoms with Gasteiger partial charge in [-0.3, -0.25) is 4.79 Å². The van der Waals surface area contributed by atoms with Gasteiger partial charge in [0.2, 0.25) is 5.91 Å². The standard InChI is InChI=1S/C11H11Cl2F2NO2S/c12-7-1-2-8(13)9(3-7)19-4-10(18)16-5-11(14,15)6-17/h1-3,17H,4-6H2,(H,16,18). The predicted octanol–water partition coefficient (Wildman–Crippen LogP) is 2.83. The van der Waals surface area contributed by atoms with E-state index in [1.807, 2.05) is 5.32 Å². The molecule has 0 saturated heterocycles. The molecule has 1 amide bonds. The molecule has 0 aliphatic heterocycles. The van der Waals surface area contributed by atoms with Crippen LogP contribution in [0.25, 0.3) is 0 Å². The van der Waals surface area contributed by atoms with Crippen LogP contribution in [-0.4, -0.2) is 35.8 Å². The molecule has 0 bridgehead atoms. The molecule has 0 aromatic heterocycles. The first-order valence-electron chi connectivity index (χ1n) is 5.17. The summed E-state index contributed by atoms with van der Waals surface area (Å²) in [6.07, 6.45) is 0. The molecule has 0 aliphatic rings. The maximum atomic E-state index is 12.7. The van der Waals surface area contributed by atoms with E-state index in [1.165, 1.54) is 0 Å². The Balaban J connectivity index is 2.44. The minimum absolute atomic E-state index is 0.0679. The largest absolute Gasteiger partial charge is 0.390 e. The lowest BCUT2D eigenvalue weighted by Crippen LogP contribution is -2.39. The van der Waals surface area contributed by atoms with Gasteiger partial charge < -0.3 is 10.4 Å². The second-order valence-corrected chi connectivity index (χ2v) is 5.52. The Bertz CT molecular complexity index is 460. The number of amides is 1. The number of hydrogen-bond donors (Lipinski definition) is 2. The molecule has 0 unspecified atom stereocenters. The van der Waals surface area contributed by atoms with Crippen molar-refractivity contribution in [1.29, 1.82) is 0 Å². The molecule has 19 heavy (non-hydrogen) atoms. The molecule has 0 heterocycles. The fourth-order valence-electron chi connectivity index (χ4n) is 1.07. The molecule has 106 valence electrons. The normalized spacial score (nSPS) is 11.4. The minimum atomic E-state index is -3.31. The third-order valence-electron chi connectivity index (χ3n) is 2.03. The van der Waals surface area contributed by atoms with Crippen LogP contribution in [0.15, 0.2) is 23.1 Å². The number of halogens is 4. The Morgan fingerprint density at radius 1 is 1.42 bits per heavy atom. The Labute approximate surface area is 123 Å². The zero-order valence-corrected chi connectivity index (χ0v) is 12.0. The van der Waals surface area contributed by atoms with Gasteiger partial charge in [-0.2, -0.15) is 0 Å². The van der Waals surface area contributed by atoms with Gasteiger partial charge >= 0.3 is 0 Å². The van der Waals surface area contributed by atoms with Crippen molar-refractivity contribution in [3.05, 3.63) is 28.2 Å². The number of carbonyl (C=O) groups excluding carboxylic acids is 1. The molecule has 3 nitrogen and oxygen atoms in total. The zero-order valence-electron chi connectivity index (χ0n) is 9.63. The lowest BCUT2D eigenvalue weighted by Gasteiger charge is -2.13. The molecule has 1 aromatic carbocycles. The third kappa shape index (κ3) is 5.95. The second-order valence-electron chi connectivity index (χ2n) is 3.65. The van der Waals surface area contributed by atoms with E-state index < -0.39 is 25.0 Å². The van der Waals surface area contributed by atoms with Crippen LogP contribution >= 0.6 is 35.0 Å². The van der Waals surface area contributed by atoms with E-state index in [0.29, 0.717) is 14.9 Å². The molecule has 0 aliphatic carbocycles. The number of benzene rings is 1. The molecule has 0 fully saturated rings. The Kier molecular flexibility index (Phi) is 6.32. The number of thioether (sulfide) groups is 1. The van der Waals surface area contributed by atoms with E-state index in [2.05, 4.69) is 0 Å². The first-order valence-corrected chi connectivity index (χ1v) is 6.91. The molecule has 8 heteroatoms. The maximum Gasteiger partial charge on any atom is 0.287 e. The molecule has 2 N–H and O–H groups in total. The van der Waals surface area contributed by atoms with Crippen molar-refractivity contribution in [2.24, 2.45) is 0 Å². The number of hydrogen-bond acceptors (Lipinski definition) is 3. The molecule has 0 atom stereocenters. The number of aliphatic hydroxyl groups excluding tert-OH is 1. The summed E-state index contributed by atoms with van der Waals surface area (Å²) in [4.78, 5) is 11.9. The summed E-state index contributed by atoms with van der Waals surface area (Å²) in [5, 5.41) is 11.3. The molecule has 0 radical (unpaired) electrons. The van der Waals surface area contributed by atoms with Crippen molar-refractivity contribution >= 4 is 40.9 Å². The number of aliphatic hydroxyl groups is 1. The average molecular weight is 330 g/mol. The van der Waals surface area contributed by atoms with Crippen molar-refractivity contribution in [3.8, 4) is 0 Å². The van der Waals surface area contributed by atoms with Crippen molar-refractivity contribution < 1.29 is 18.7 Å². The fourth-order valence-corrected chi connectivity index (χ4v) is 2.39. The van der Waals surface area contributed by atoms with Crippen molar-refractivity contribution in [3.63, 3.8) is 0 Å². The van der Waals surface area contributed by atoms with Crippen molar-refractivity contribution in [1.82, 2.24) is 5.32 Å². The summed E-state index contributed by atoms with van der Waals surface area (Å²) < 4.78 is 25.4. The van der Waals surface area contributed by atoms with Gasteiger partial charge in [0, 0.05) is 9.92 Å². The summed E-state index contributed by atoms with van der Waals surface area (Å²) >= 11 is 12.8. The fraction of sp³-hybridized carbons (Fsp3) is 0.364. The highest BCUT2D eigenvalue weighted by Gasteiger charge is 2.28. The molecular formula is C11H11Cl2F2NO2S. The van der Waals surface area contributed by atoms with Crippen LogP contribution in [0.5, 0.6) is 0 Å². The summed E-state index contributed by atoms with van der Waals surface area (Å²) in [6.45, 7) is -2.20. The number of nitrogens with one attached hydrogen (secondary N) is 1. The first-order chi connectivity index (χ1) is 8.84. The topological polar surface area (TPSA) is 49.3 Å². The van der Waals surface area contributed by atoms with Gasteiger partial charge in [0.05, 0.1) is 17.3 Å². The second kappa shape index (κ2) is 7.28. The maximum absolute atomic E-state index is 12.7. The summed E-state index contributed by atoms with van der Waals surface area (Å²) in [5.41, 5.74) is 0. The Hall–Kier alpha value is -0.560. The lowest BCUT2D eigenvalue weighted by molar-refractivity contribution is -0.121. The molecule has 0 saturated carbocycles. The van der Waals surface area contributed by atoms with Gasteiger partial charge in [-0.15, -0.1) is 11.8 Å². The smallest absolute Gasteiger partial charge is 0.287 e. The van der Waals surface area contributed by atoms with Crippen LogP contribution in [0.1, 0.15) is 0 Å². The van der Waals surface area contributed by atoms with Gasteiger partial charge in [0.1, 0.15) is 6.61 Å². The first kappa shape index (κ1) is 16.5. The highest BCUT2D eigenvalue weighted by atomic mass is 35.5. The molecular weight excluding hydrogens is 319 g/mol. The average Bonchev–Trinajstić information content (AvgIpc) is 2.37. The Morgan fingerprint density at radius 3 is 2.74 bits per heavy atom.